The molecule has 0 saturated heterocycles. The Labute approximate surface area is 86.9 Å². The maximum absolute atomic E-state index is 9.01. The van der Waals surface area contributed by atoms with Gasteiger partial charge in [0.05, 0.1) is 17.8 Å². The minimum absolute atomic E-state index is 0.0804. The molecule has 2 aromatic rings. The van der Waals surface area contributed by atoms with E-state index in [4.69, 9.17) is 5.11 Å². The first-order valence-electron chi connectivity index (χ1n) is 4.41. The molecule has 0 spiro atoms. The van der Waals surface area contributed by atoms with E-state index in [9.17, 15) is 0 Å². The second kappa shape index (κ2) is 3.90. The quantitative estimate of drug-likeness (QED) is 0.817. The van der Waals surface area contributed by atoms with Crippen LogP contribution in [0.15, 0.2) is 29.8 Å². The number of rotatable bonds is 2. The summed E-state index contributed by atoms with van der Waals surface area (Å²) >= 11 is 1.64. The van der Waals surface area contributed by atoms with Gasteiger partial charge in [-0.3, -0.25) is 0 Å². The molecule has 0 radical (unpaired) electrons. The highest BCUT2D eigenvalue weighted by Crippen LogP contribution is 2.24. The topological polar surface area (TPSA) is 33.1 Å². The Morgan fingerprint density at radius 3 is 2.93 bits per heavy atom. The standard InChI is InChI=1S/C11H11NOS/c1-8-11(12-7-14-8)10-4-2-3-9(5-10)6-13/h2-5,7,13H,6H2,1H3. The zero-order chi connectivity index (χ0) is 9.97. The van der Waals surface area contributed by atoms with Crippen LogP contribution in [0.1, 0.15) is 10.4 Å². The fourth-order valence-corrected chi connectivity index (χ4v) is 2.00. The van der Waals surface area contributed by atoms with Crippen molar-refractivity contribution in [2.24, 2.45) is 0 Å². The molecule has 3 heteroatoms. The first-order valence-corrected chi connectivity index (χ1v) is 5.29. The lowest BCUT2D eigenvalue weighted by Crippen LogP contribution is -1.85. The normalized spacial score (nSPS) is 10.4. The van der Waals surface area contributed by atoms with Crippen molar-refractivity contribution in [3.05, 3.63) is 40.2 Å². The number of thiazole rings is 1. The van der Waals surface area contributed by atoms with Crippen molar-refractivity contribution in [3.8, 4) is 11.3 Å². The van der Waals surface area contributed by atoms with Crippen LogP contribution in [0.3, 0.4) is 0 Å². The van der Waals surface area contributed by atoms with E-state index in [1.165, 1.54) is 4.88 Å². The van der Waals surface area contributed by atoms with Crippen LogP contribution in [-0.4, -0.2) is 10.1 Å². The Kier molecular flexibility index (Phi) is 2.61. The van der Waals surface area contributed by atoms with Crippen molar-refractivity contribution in [1.29, 1.82) is 0 Å². The molecule has 0 aliphatic carbocycles. The van der Waals surface area contributed by atoms with Gasteiger partial charge in [-0.1, -0.05) is 18.2 Å². The molecule has 0 bridgehead atoms. The van der Waals surface area contributed by atoms with Gasteiger partial charge in [0, 0.05) is 10.4 Å². The first kappa shape index (κ1) is 9.37. The molecule has 1 heterocycles. The van der Waals surface area contributed by atoms with Gasteiger partial charge in [-0.15, -0.1) is 11.3 Å². The third-order valence-corrected chi connectivity index (χ3v) is 2.89. The van der Waals surface area contributed by atoms with Gasteiger partial charge < -0.3 is 5.11 Å². The number of aryl methyl sites for hydroxylation is 1. The monoisotopic (exact) mass is 205 g/mol. The van der Waals surface area contributed by atoms with Crippen LogP contribution in [0.5, 0.6) is 0 Å². The number of nitrogens with zero attached hydrogens (tertiary/aromatic N) is 1. The number of hydrogen-bond donors (Lipinski definition) is 1. The van der Waals surface area contributed by atoms with E-state index in [1.54, 1.807) is 11.3 Å². The van der Waals surface area contributed by atoms with E-state index < -0.39 is 0 Å². The number of aromatic nitrogens is 1. The summed E-state index contributed by atoms with van der Waals surface area (Å²) < 4.78 is 0. The Hall–Kier alpha value is -1.19. The van der Waals surface area contributed by atoms with E-state index in [1.807, 2.05) is 29.8 Å². The van der Waals surface area contributed by atoms with E-state index in [0.717, 1.165) is 16.8 Å². The van der Waals surface area contributed by atoms with Crippen LogP contribution < -0.4 is 0 Å². The lowest BCUT2D eigenvalue weighted by atomic mass is 10.1. The van der Waals surface area contributed by atoms with Gasteiger partial charge in [0.15, 0.2) is 0 Å². The summed E-state index contributed by atoms with van der Waals surface area (Å²) in [7, 11) is 0. The summed E-state index contributed by atoms with van der Waals surface area (Å²) in [6.07, 6.45) is 0. The predicted octanol–water partition coefficient (Wildman–Crippen LogP) is 2.61. The van der Waals surface area contributed by atoms with Gasteiger partial charge in [0.1, 0.15) is 0 Å². The lowest BCUT2D eigenvalue weighted by molar-refractivity contribution is 0.282. The van der Waals surface area contributed by atoms with Crippen molar-refractivity contribution >= 4 is 11.3 Å². The zero-order valence-electron chi connectivity index (χ0n) is 7.90. The van der Waals surface area contributed by atoms with Gasteiger partial charge in [0.2, 0.25) is 0 Å². The van der Waals surface area contributed by atoms with Crippen molar-refractivity contribution in [2.75, 3.05) is 0 Å². The summed E-state index contributed by atoms with van der Waals surface area (Å²) in [5.74, 6) is 0. The maximum atomic E-state index is 9.01. The molecule has 0 amide bonds. The SMILES string of the molecule is Cc1scnc1-c1cccc(CO)c1. The smallest absolute Gasteiger partial charge is 0.0840 e. The Bertz CT molecular complexity index is 436. The number of hydrogen-bond acceptors (Lipinski definition) is 3. The zero-order valence-corrected chi connectivity index (χ0v) is 8.71. The summed E-state index contributed by atoms with van der Waals surface area (Å²) in [5.41, 5.74) is 4.87. The number of aliphatic hydroxyl groups excluding tert-OH is 1. The summed E-state index contributed by atoms with van der Waals surface area (Å²) in [6.45, 7) is 2.13. The molecular weight excluding hydrogens is 194 g/mol. The lowest BCUT2D eigenvalue weighted by Gasteiger charge is -2.01. The molecule has 0 saturated carbocycles. The minimum Gasteiger partial charge on any atom is -0.392 e. The van der Waals surface area contributed by atoms with Crippen LogP contribution in [0.25, 0.3) is 11.3 Å². The van der Waals surface area contributed by atoms with Crippen LogP contribution in [0, 0.1) is 6.92 Å². The molecule has 0 atom stereocenters. The molecule has 1 aromatic carbocycles. The molecule has 2 nitrogen and oxygen atoms in total. The summed E-state index contributed by atoms with van der Waals surface area (Å²) in [5, 5.41) is 9.01. The van der Waals surface area contributed by atoms with Crippen LogP contribution >= 0.6 is 11.3 Å². The Morgan fingerprint density at radius 2 is 2.29 bits per heavy atom. The molecular formula is C11H11NOS. The van der Waals surface area contributed by atoms with E-state index in [2.05, 4.69) is 11.9 Å². The van der Waals surface area contributed by atoms with Gasteiger partial charge in [-0.2, -0.15) is 0 Å². The Balaban J connectivity index is 2.47. The Morgan fingerprint density at radius 1 is 1.43 bits per heavy atom. The molecule has 0 aliphatic rings. The molecule has 72 valence electrons. The highest BCUT2D eigenvalue weighted by Gasteiger charge is 2.04. The van der Waals surface area contributed by atoms with E-state index in [0.29, 0.717) is 0 Å². The fraction of sp³-hybridized carbons (Fsp3) is 0.182. The van der Waals surface area contributed by atoms with Gasteiger partial charge >= 0.3 is 0 Å². The third kappa shape index (κ3) is 1.69. The largest absolute Gasteiger partial charge is 0.392 e. The second-order valence-corrected chi connectivity index (χ2v) is 4.17. The van der Waals surface area contributed by atoms with Crippen LogP contribution in [0.2, 0.25) is 0 Å². The van der Waals surface area contributed by atoms with Gasteiger partial charge in [-0.25, -0.2) is 4.98 Å². The van der Waals surface area contributed by atoms with E-state index >= 15 is 0 Å². The molecule has 0 unspecified atom stereocenters. The summed E-state index contributed by atoms with van der Waals surface area (Å²) in [4.78, 5) is 5.51. The van der Waals surface area contributed by atoms with Crippen LogP contribution in [-0.2, 0) is 6.61 Å². The molecule has 1 N–H and O–H groups in total. The van der Waals surface area contributed by atoms with Crippen molar-refractivity contribution in [2.45, 2.75) is 13.5 Å². The van der Waals surface area contributed by atoms with Gasteiger partial charge in [-0.05, 0) is 18.6 Å². The third-order valence-electron chi connectivity index (χ3n) is 2.13. The average molecular weight is 205 g/mol. The van der Waals surface area contributed by atoms with Crippen molar-refractivity contribution < 1.29 is 5.11 Å². The molecule has 1 aromatic heterocycles. The maximum Gasteiger partial charge on any atom is 0.0840 e. The highest BCUT2D eigenvalue weighted by molar-refractivity contribution is 7.10. The van der Waals surface area contributed by atoms with E-state index in [-0.39, 0.29) is 6.61 Å². The average Bonchev–Trinajstić information content (AvgIpc) is 2.65. The molecule has 14 heavy (non-hydrogen) atoms. The molecule has 0 aliphatic heterocycles. The van der Waals surface area contributed by atoms with Gasteiger partial charge in [0.25, 0.3) is 0 Å². The van der Waals surface area contributed by atoms with Crippen molar-refractivity contribution in [1.82, 2.24) is 4.98 Å². The highest BCUT2D eigenvalue weighted by atomic mass is 32.1. The molecule has 2 rings (SSSR count). The number of aliphatic hydroxyl groups is 1. The fourth-order valence-electron chi connectivity index (χ4n) is 1.40. The van der Waals surface area contributed by atoms with Crippen molar-refractivity contribution in [3.63, 3.8) is 0 Å². The number of benzene rings is 1. The minimum atomic E-state index is 0.0804. The second-order valence-electron chi connectivity index (χ2n) is 3.12. The summed E-state index contributed by atoms with van der Waals surface area (Å²) in [6, 6.07) is 7.84. The molecule has 0 fully saturated rings. The van der Waals surface area contributed by atoms with Crippen LogP contribution in [0.4, 0.5) is 0 Å². The predicted molar refractivity (Wildman–Crippen MR) is 58.2 cm³/mol. The first-order chi connectivity index (χ1) is 6.81.